The third kappa shape index (κ3) is 1.98. The molecule has 1 aromatic heterocycles. The topological polar surface area (TPSA) is 38.0 Å². The second-order valence-electron chi connectivity index (χ2n) is 3.55. The van der Waals surface area contributed by atoms with Gasteiger partial charge in [-0.05, 0) is 24.6 Å². The molecule has 1 aromatic carbocycles. The largest absolute Gasteiger partial charge is 0.396 e. The Morgan fingerprint density at radius 1 is 1.47 bits per heavy atom. The van der Waals surface area contributed by atoms with Crippen LogP contribution in [0.15, 0.2) is 18.2 Å². The molecule has 0 atom stereocenters. The quantitative estimate of drug-likeness (QED) is 0.868. The number of imidazole rings is 1. The van der Waals surface area contributed by atoms with E-state index in [1.54, 1.807) is 0 Å². The van der Waals surface area contributed by atoms with Crippen LogP contribution in [0.2, 0.25) is 5.02 Å². The molecule has 0 saturated heterocycles. The van der Waals surface area contributed by atoms with Crippen molar-refractivity contribution >= 4 is 22.6 Å². The van der Waals surface area contributed by atoms with Gasteiger partial charge >= 0.3 is 0 Å². The van der Waals surface area contributed by atoms with Gasteiger partial charge in [0, 0.05) is 25.1 Å². The molecule has 0 saturated carbocycles. The number of rotatable bonds is 3. The zero-order valence-electron chi connectivity index (χ0n) is 8.57. The number of fused-ring (bicyclic) bond motifs is 1. The normalized spacial score (nSPS) is 11.1. The molecule has 15 heavy (non-hydrogen) atoms. The molecule has 0 fully saturated rings. The van der Waals surface area contributed by atoms with E-state index in [9.17, 15) is 0 Å². The Morgan fingerprint density at radius 2 is 2.27 bits per heavy atom. The van der Waals surface area contributed by atoms with Gasteiger partial charge in [0.25, 0.3) is 0 Å². The third-order valence-electron chi connectivity index (χ3n) is 2.49. The minimum Gasteiger partial charge on any atom is -0.396 e. The number of aliphatic hydroxyl groups is 1. The molecular formula is C11H13ClN2O. The Morgan fingerprint density at radius 3 is 3.00 bits per heavy atom. The van der Waals surface area contributed by atoms with Gasteiger partial charge in [-0.3, -0.25) is 0 Å². The van der Waals surface area contributed by atoms with E-state index in [1.807, 2.05) is 29.8 Å². The molecule has 0 spiro atoms. The summed E-state index contributed by atoms with van der Waals surface area (Å²) in [6, 6.07) is 5.67. The molecular weight excluding hydrogens is 212 g/mol. The van der Waals surface area contributed by atoms with Crippen molar-refractivity contribution in [2.45, 2.75) is 12.8 Å². The maximum Gasteiger partial charge on any atom is 0.109 e. The highest BCUT2D eigenvalue weighted by molar-refractivity contribution is 6.31. The van der Waals surface area contributed by atoms with Crippen molar-refractivity contribution in [3.8, 4) is 0 Å². The zero-order valence-corrected chi connectivity index (χ0v) is 9.33. The predicted octanol–water partition coefficient (Wildman–Crippen LogP) is 2.15. The summed E-state index contributed by atoms with van der Waals surface area (Å²) in [5.74, 6) is 0.987. The van der Waals surface area contributed by atoms with Gasteiger partial charge in [0.2, 0.25) is 0 Å². The van der Waals surface area contributed by atoms with E-state index in [2.05, 4.69) is 4.98 Å². The number of aryl methyl sites for hydroxylation is 2. The smallest absolute Gasteiger partial charge is 0.109 e. The number of aliphatic hydroxyl groups excluding tert-OH is 1. The van der Waals surface area contributed by atoms with Crippen molar-refractivity contribution in [3.05, 3.63) is 29.0 Å². The Labute approximate surface area is 93.3 Å². The van der Waals surface area contributed by atoms with Crippen LogP contribution in [0.5, 0.6) is 0 Å². The number of nitrogens with zero attached hydrogens (tertiary/aromatic N) is 2. The molecule has 0 unspecified atom stereocenters. The summed E-state index contributed by atoms with van der Waals surface area (Å²) in [6.07, 6.45) is 1.53. The molecule has 1 heterocycles. The Hall–Kier alpha value is -1.06. The maximum atomic E-state index is 8.78. The van der Waals surface area contributed by atoms with Gasteiger partial charge in [0.05, 0.1) is 11.0 Å². The molecule has 1 N–H and O–H groups in total. The van der Waals surface area contributed by atoms with Crippen LogP contribution in [0.25, 0.3) is 11.0 Å². The molecule has 80 valence electrons. The molecule has 3 nitrogen and oxygen atoms in total. The molecule has 0 radical (unpaired) electrons. The van der Waals surface area contributed by atoms with Crippen molar-refractivity contribution in [1.82, 2.24) is 9.55 Å². The molecule has 4 heteroatoms. The molecule has 0 aliphatic rings. The lowest BCUT2D eigenvalue weighted by atomic mass is 10.3. The van der Waals surface area contributed by atoms with Crippen LogP contribution in [0.1, 0.15) is 12.2 Å². The summed E-state index contributed by atoms with van der Waals surface area (Å²) in [6.45, 7) is 0.198. The second-order valence-corrected chi connectivity index (χ2v) is 3.98. The van der Waals surface area contributed by atoms with Gasteiger partial charge in [0.1, 0.15) is 5.82 Å². The van der Waals surface area contributed by atoms with Gasteiger partial charge in [-0.25, -0.2) is 4.98 Å². The van der Waals surface area contributed by atoms with Gasteiger partial charge in [-0.15, -0.1) is 0 Å². The fraction of sp³-hybridized carbons (Fsp3) is 0.364. The van der Waals surface area contributed by atoms with Crippen LogP contribution in [-0.2, 0) is 13.5 Å². The molecule has 0 aliphatic carbocycles. The first-order valence-electron chi connectivity index (χ1n) is 4.94. The Kier molecular flexibility index (Phi) is 2.93. The van der Waals surface area contributed by atoms with Crippen LogP contribution < -0.4 is 0 Å². The molecule has 0 amide bonds. The Balaban J connectivity index is 2.45. The minimum absolute atomic E-state index is 0.198. The van der Waals surface area contributed by atoms with E-state index in [-0.39, 0.29) is 6.61 Å². The summed E-state index contributed by atoms with van der Waals surface area (Å²) < 4.78 is 2.02. The fourth-order valence-electron chi connectivity index (χ4n) is 1.67. The van der Waals surface area contributed by atoms with Crippen LogP contribution >= 0.6 is 11.6 Å². The van der Waals surface area contributed by atoms with E-state index < -0.39 is 0 Å². The van der Waals surface area contributed by atoms with Crippen LogP contribution in [0, 0.1) is 0 Å². The number of aromatic nitrogens is 2. The average molecular weight is 225 g/mol. The lowest BCUT2D eigenvalue weighted by molar-refractivity contribution is 0.287. The van der Waals surface area contributed by atoms with E-state index in [1.165, 1.54) is 0 Å². The maximum absolute atomic E-state index is 8.78. The predicted molar refractivity (Wildman–Crippen MR) is 61.1 cm³/mol. The number of halogens is 1. The van der Waals surface area contributed by atoms with Crippen LogP contribution in [-0.4, -0.2) is 21.3 Å². The molecule has 2 rings (SSSR count). The highest BCUT2D eigenvalue weighted by Gasteiger charge is 2.07. The Bertz CT molecular complexity index is 479. The van der Waals surface area contributed by atoms with Crippen molar-refractivity contribution in [2.24, 2.45) is 7.05 Å². The summed E-state index contributed by atoms with van der Waals surface area (Å²) in [7, 11) is 1.97. The van der Waals surface area contributed by atoms with Gasteiger partial charge in [-0.2, -0.15) is 0 Å². The highest BCUT2D eigenvalue weighted by atomic mass is 35.5. The summed E-state index contributed by atoms with van der Waals surface area (Å²) in [4.78, 5) is 4.48. The molecule has 0 aliphatic heterocycles. The minimum atomic E-state index is 0.198. The van der Waals surface area contributed by atoms with Crippen molar-refractivity contribution in [1.29, 1.82) is 0 Å². The van der Waals surface area contributed by atoms with Crippen LogP contribution in [0.4, 0.5) is 0 Å². The lowest BCUT2D eigenvalue weighted by Gasteiger charge is -2.00. The summed E-state index contributed by atoms with van der Waals surface area (Å²) in [5.41, 5.74) is 1.99. The van der Waals surface area contributed by atoms with Gasteiger partial charge in [0.15, 0.2) is 0 Å². The summed E-state index contributed by atoms with van der Waals surface area (Å²) in [5, 5.41) is 9.50. The number of hydrogen-bond acceptors (Lipinski definition) is 2. The van der Waals surface area contributed by atoms with Gasteiger partial charge < -0.3 is 9.67 Å². The SMILES string of the molecule is Cn1c(CCCO)nc2ccc(Cl)cc21. The third-order valence-corrected chi connectivity index (χ3v) is 2.73. The first kappa shape index (κ1) is 10.5. The van der Waals surface area contributed by atoms with Crippen molar-refractivity contribution < 1.29 is 5.11 Å². The fourth-order valence-corrected chi connectivity index (χ4v) is 1.84. The van der Waals surface area contributed by atoms with Crippen molar-refractivity contribution in [3.63, 3.8) is 0 Å². The number of benzene rings is 1. The van der Waals surface area contributed by atoms with Crippen molar-refractivity contribution in [2.75, 3.05) is 6.61 Å². The lowest BCUT2D eigenvalue weighted by Crippen LogP contribution is -1.99. The van der Waals surface area contributed by atoms with E-state index in [0.717, 1.165) is 34.7 Å². The average Bonchev–Trinajstić information content (AvgIpc) is 2.53. The summed E-state index contributed by atoms with van der Waals surface area (Å²) >= 11 is 5.92. The van der Waals surface area contributed by atoms with E-state index >= 15 is 0 Å². The monoisotopic (exact) mass is 224 g/mol. The first-order chi connectivity index (χ1) is 7.22. The highest BCUT2D eigenvalue weighted by Crippen LogP contribution is 2.20. The van der Waals surface area contributed by atoms with E-state index in [0.29, 0.717) is 0 Å². The zero-order chi connectivity index (χ0) is 10.8. The number of hydrogen-bond donors (Lipinski definition) is 1. The molecule has 0 bridgehead atoms. The van der Waals surface area contributed by atoms with Gasteiger partial charge in [-0.1, -0.05) is 11.6 Å². The standard InChI is InChI=1S/C11H13ClN2O/c1-14-10-7-8(12)4-5-9(10)13-11(14)3-2-6-15/h4-5,7,15H,2-3,6H2,1H3. The molecule has 2 aromatic rings. The van der Waals surface area contributed by atoms with Crippen LogP contribution in [0.3, 0.4) is 0 Å². The van der Waals surface area contributed by atoms with E-state index in [4.69, 9.17) is 16.7 Å². The second kappa shape index (κ2) is 4.21. The first-order valence-corrected chi connectivity index (χ1v) is 5.32.